The first-order valence-corrected chi connectivity index (χ1v) is 9.05. The van der Waals surface area contributed by atoms with Crippen molar-refractivity contribution in [2.75, 3.05) is 4.90 Å². The zero-order valence-corrected chi connectivity index (χ0v) is 15.2. The molecule has 1 saturated heterocycles. The fourth-order valence-corrected chi connectivity index (χ4v) is 3.60. The number of amides is 2. The first kappa shape index (κ1) is 18.5. The summed E-state index contributed by atoms with van der Waals surface area (Å²) in [6, 6.07) is 11.2. The Balaban J connectivity index is 1.47. The molecule has 0 saturated carbocycles. The Morgan fingerprint density at radius 3 is 2.00 bits per heavy atom. The Kier molecular flexibility index (Phi) is 4.67. The number of nitro benzene ring substituents is 1. The number of rotatable bonds is 4. The molecule has 2 aromatic carbocycles. The van der Waals surface area contributed by atoms with Crippen LogP contribution in [0.15, 0.2) is 60.7 Å². The van der Waals surface area contributed by atoms with Crippen LogP contribution >= 0.6 is 0 Å². The lowest BCUT2D eigenvalue weighted by Crippen LogP contribution is -2.30. The third-order valence-electron chi connectivity index (χ3n) is 5.13. The number of nitrogens with zero attached hydrogens (tertiary/aromatic N) is 2. The van der Waals surface area contributed by atoms with Crippen LogP contribution in [0.1, 0.15) is 23.2 Å². The van der Waals surface area contributed by atoms with Gasteiger partial charge in [-0.2, -0.15) is 0 Å². The number of fused-ring (bicyclic) bond motifs is 1. The van der Waals surface area contributed by atoms with Gasteiger partial charge in [-0.15, -0.1) is 0 Å². The molecule has 0 aromatic heterocycles. The molecular weight excluding hydrogens is 376 g/mol. The quantitative estimate of drug-likeness (QED) is 0.197. The predicted molar refractivity (Wildman–Crippen MR) is 102 cm³/mol. The number of anilines is 1. The van der Waals surface area contributed by atoms with Gasteiger partial charge >= 0.3 is 5.97 Å². The van der Waals surface area contributed by atoms with Crippen LogP contribution in [0.25, 0.3) is 0 Å². The highest BCUT2D eigenvalue weighted by Gasteiger charge is 2.47. The van der Waals surface area contributed by atoms with Gasteiger partial charge in [0.1, 0.15) is 5.75 Å². The lowest BCUT2D eigenvalue weighted by molar-refractivity contribution is -0.384. The number of hydrogen-bond donors (Lipinski definition) is 0. The number of imide groups is 1. The van der Waals surface area contributed by atoms with Crippen LogP contribution in [0.4, 0.5) is 11.4 Å². The third kappa shape index (κ3) is 3.40. The number of carbonyl (C=O) groups is 3. The average Bonchev–Trinajstić information content (AvgIpc) is 2.99. The SMILES string of the molecule is O=C(Oc1ccc([N+](=O)[O-])cc1)c1ccc(N2C(=O)[C@@H]3CC=CC[C@H]3C2=O)cc1. The standard InChI is InChI=1S/C21H16N2O6/c24-19-17-3-1-2-4-18(17)20(25)22(19)14-7-5-13(6-8-14)21(26)29-16-11-9-15(10-12-16)23(27)28/h1-2,5-12,17-18H,3-4H2/t17-,18-/m1/s1. The fraction of sp³-hybridized carbons (Fsp3) is 0.190. The van der Waals surface area contributed by atoms with E-state index in [-0.39, 0.29) is 40.7 Å². The Morgan fingerprint density at radius 2 is 1.48 bits per heavy atom. The molecule has 0 unspecified atom stereocenters. The van der Waals surface area contributed by atoms with Crippen LogP contribution in [0.5, 0.6) is 5.75 Å². The monoisotopic (exact) mass is 392 g/mol. The van der Waals surface area contributed by atoms with Crippen molar-refractivity contribution in [3.05, 3.63) is 76.4 Å². The van der Waals surface area contributed by atoms with Crippen LogP contribution in [0.2, 0.25) is 0 Å². The van der Waals surface area contributed by atoms with Gasteiger partial charge < -0.3 is 4.74 Å². The van der Waals surface area contributed by atoms with Crippen LogP contribution in [0, 0.1) is 22.0 Å². The Morgan fingerprint density at radius 1 is 0.931 bits per heavy atom. The second-order valence-electron chi connectivity index (χ2n) is 6.86. The molecule has 8 nitrogen and oxygen atoms in total. The topological polar surface area (TPSA) is 107 Å². The molecule has 2 amide bonds. The molecule has 2 aromatic rings. The molecule has 2 atom stereocenters. The lowest BCUT2D eigenvalue weighted by atomic mass is 9.85. The summed E-state index contributed by atoms with van der Waals surface area (Å²) in [4.78, 5) is 48.8. The lowest BCUT2D eigenvalue weighted by Gasteiger charge is -2.15. The van der Waals surface area contributed by atoms with Crippen molar-refractivity contribution in [3.8, 4) is 5.75 Å². The maximum Gasteiger partial charge on any atom is 0.343 e. The van der Waals surface area contributed by atoms with Gasteiger partial charge in [0.25, 0.3) is 5.69 Å². The molecule has 1 aliphatic carbocycles. The van der Waals surface area contributed by atoms with Gasteiger partial charge in [0, 0.05) is 12.1 Å². The van der Waals surface area contributed by atoms with E-state index >= 15 is 0 Å². The van der Waals surface area contributed by atoms with Gasteiger partial charge in [0.15, 0.2) is 0 Å². The fourth-order valence-electron chi connectivity index (χ4n) is 3.60. The van der Waals surface area contributed by atoms with Crippen LogP contribution in [-0.2, 0) is 9.59 Å². The second-order valence-corrected chi connectivity index (χ2v) is 6.86. The first-order chi connectivity index (χ1) is 14.0. The van der Waals surface area contributed by atoms with E-state index in [0.29, 0.717) is 18.5 Å². The van der Waals surface area contributed by atoms with E-state index in [0.717, 1.165) is 0 Å². The van der Waals surface area contributed by atoms with Gasteiger partial charge in [-0.3, -0.25) is 24.6 Å². The second kappa shape index (κ2) is 7.31. The van der Waals surface area contributed by atoms with Crippen molar-refractivity contribution in [1.29, 1.82) is 0 Å². The molecule has 29 heavy (non-hydrogen) atoms. The van der Waals surface area contributed by atoms with Gasteiger partial charge in [-0.1, -0.05) is 12.2 Å². The molecule has 2 aliphatic rings. The minimum absolute atomic E-state index is 0.107. The highest BCUT2D eigenvalue weighted by atomic mass is 16.6. The number of nitro groups is 1. The number of benzene rings is 2. The van der Waals surface area contributed by atoms with Crippen LogP contribution < -0.4 is 9.64 Å². The smallest absolute Gasteiger partial charge is 0.343 e. The zero-order chi connectivity index (χ0) is 20.5. The number of hydrogen-bond acceptors (Lipinski definition) is 6. The summed E-state index contributed by atoms with van der Waals surface area (Å²) in [5.41, 5.74) is 0.538. The first-order valence-electron chi connectivity index (χ1n) is 9.05. The van der Waals surface area contributed by atoms with Crippen molar-refractivity contribution in [2.45, 2.75) is 12.8 Å². The molecule has 1 aliphatic heterocycles. The number of non-ortho nitro benzene ring substituents is 1. The number of allylic oxidation sites excluding steroid dienone is 2. The summed E-state index contributed by atoms with van der Waals surface area (Å²) in [6.45, 7) is 0. The maximum atomic E-state index is 12.6. The molecule has 0 N–H and O–H groups in total. The normalized spacial score (nSPS) is 20.5. The Labute approximate surface area is 165 Å². The number of ether oxygens (including phenoxy) is 1. The van der Waals surface area contributed by atoms with Crippen molar-refractivity contribution in [2.24, 2.45) is 11.8 Å². The summed E-state index contributed by atoms with van der Waals surface area (Å²) in [5.74, 6) is -1.55. The molecule has 8 heteroatoms. The van der Waals surface area contributed by atoms with Crippen molar-refractivity contribution >= 4 is 29.2 Å². The van der Waals surface area contributed by atoms with E-state index < -0.39 is 10.9 Å². The molecule has 1 heterocycles. The predicted octanol–water partition coefficient (Wildman–Crippen LogP) is 3.27. The summed E-state index contributed by atoms with van der Waals surface area (Å²) >= 11 is 0. The zero-order valence-electron chi connectivity index (χ0n) is 15.2. The summed E-state index contributed by atoms with van der Waals surface area (Å²) in [7, 11) is 0. The highest BCUT2D eigenvalue weighted by molar-refractivity contribution is 6.22. The van der Waals surface area contributed by atoms with Gasteiger partial charge in [0.05, 0.1) is 28.0 Å². The minimum Gasteiger partial charge on any atom is -0.423 e. The number of esters is 1. The molecule has 146 valence electrons. The molecule has 0 radical (unpaired) electrons. The van der Waals surface area contributed by atoms with Gasteiger partial charge in [0.2, 0.25) is 11.8 Å². The molecule has 0 spiro atoms. The highest BCUT2D eigenvalue weighted by Crippen LogP contribution is 2.37. The van der Waals surface area contributed by atoms with Gasteiger partial charge in [-0.25, -0.2) is 4.79 Å². The van der Waals surface area contributed by atoms with E-state index in [1.807, 2.05) is 12.2 Å². The largest absolute Gasteiger partial charge is 0.423 e. The van der Waals surface area contributed by atoms with E-state index in [4.69, 9.17) is 4.74 Å². The van der Waals surface area contributed by atoms with Crippen molar-refractivity contribution in [1.82, 2.24) is 0 Å². The van der Waals surface area contributed by atoms with Crippen LogP contribution in [0.3, 0.4) is 0 Å². The number of carbonyl (C=O) groups excluding carboxylic acids is 3. The summed E-state index contributed by atoms with van der Waals surface area (Å²) in [5, 5.41) is 10.7. The van der Waals surface area contributed by atoms with E-state index in [2.05, 4.69) is 0 Å². The van der Waals surface area contributed by atoms with Crippen LogP contribution in [-0.4, -0.2) is 22.7 Å². The summed E-state index contributed by atoms with van der Waals surface area (Å²) < 4.78 is 5.20. The Bertz CT molecular complexity index is 1000. The molecular formula is C21H16N2O6. The molecule has 0 bridgehead atoms. The van der Waals surface area contributed by atoms with E-state index in [1.165, 1.54) is 53.4 Å². The van der Waals surface area contributed by atoms with E-state index in [9.17, 15) is 24.5 Å². The summed E-state index contributed by atoms with van der Waals surface area (Å²) in [6.07, 6.45) is 4.97. The van der Waals surface area contributed by atoms with Crippen molar-refractivity contribution < 1.29 is 24.0 Å². The molecule has 1 fully saturated rings. The molecule has 4 rings (SSSR count). The average molecular weight is 392 g/mol. The Hall–Kier alpha value is -3.81. The van der Waals surface area contributed by atoms with E-state index in [1.54, 1.807) is 0 Å². The third-order valence-corrected chi connectivity index (χ3v) is 5.13. The van der Waals surface area contributed by atoms with Crippen molar-refractivity contribution in [3.63, 3.8) is 0 Å². The maximum absolute atomic E-state index is 12.6. The minimum atomic E-state index is -0.651. The van der Waals surface area contributed by atoms with Gasteiger partial charge in [-0.05, 0) is 49.2 Å².